The molecule has 20 heavy (non-hydrogen) atoms. The van der Waals surface area contributed by atoms with Crippen LogP contribution >= 0.6 is 34.8 Å². The summed E-state index contributed by atoms with van der Waals surface area (Å²) in [5.74, 6) is 0. The number of aromatic nitrogens is 1. The van der Waals surface area contributed by atoms with E-state index in [0.29, 0.717) is 0 Å². The summed E-state index contributed by atoms with van der Waals surface area (Å²) in [6.45, 7) is 0. The maximum absolute atomic E-state index is 12.1. The molecular weight excluding hydrogens is 347 g/mol. The normalized spacial score (nSPS) is 11.3. The van der Waals surface area contributed by atoms with Crippen molar-refractivity contribution in [3.05, 3.63) is 55.9 Å². The van der Waals surface area contributed by atoms with Crippen molar-refractivity contribution in [1.29, 1.82) is 0 Å². The Balaban J connectivity index is 2.40. The number of benzene rings is 1. The van der Waals surface area contributed by atoms with E-state index in [4.69, 9.17) is 34.8 Å². The van der Waals surface area contributed by atoms with Crippen LogP contribution in [0, 0.1) is 0 Å². The van der Waals surface area contributed by atoms with Gasteiger partial charge in [-0.3, -0.25) is 9.52 Å². The van der Waals surface area contributed by atoms with Crippen LogP contribution in [0.25, 0.3) is 0 Å². The number of pyridine rings is 1. The minimum Gasteiger partial charge on any atom is -0.311 e. The first-order valence-electron chi connectivity index (χ1n) is 5.16. The van der Waals surface area contributed by atoms with Gasteiger partial charge in [-0.2, -0.15) is 0 Å². The lowest BCUT2D eigenvalue weighted by Gasteiger charge is -2.08. The van der Waals surface area contributed by atoms with Crippen LogP contribution in [0.5, 0.6) is 0 Å². The van der Waals surface area contributed by atoms with Crippen LogP contribution in [-0.2, 0) is 10.0 Å². The van der Waals surface area contributed by atoms with Gasteiger partial charge in [-0.15, -0.1) is 0 Å². The SMILES string of the molecule is O=c1[nH]c(Cl)ccc1NS(=O)(=O)c1ccc(Cl)c(Cl)c1. The third-order valence-corrected chi connectivity index (χ3v) is 4.64. The minimum absolute atomic E-state index is 0.0968. The molecule has 2 N–H and O–H groups in total. The molecule has 2 aromatic rings. The topological polar surface area (TPSA) is 79.0 Å². The second-order valence-electron chi connectivity index (χ2n) is 3.73. The average molecular weight is 354 g/mol. The molecule has 0 aliphatic heterocycles. The number of aromatic amines is 1. The van der Waals surface area contributed by atoms with Gasteiger partial charge in [0, 0.05) is 0 Å². The Morgan fingerprint density at radius 3 is 2.30 bits per heavy atom. The first-order chi connectivity index (χ1) is 9.29. The molecule has 2 rings (SSSR count). The van der Waals surface area contributed by atoms with Gasteiger partial charge < -0.3 is 4.98 Å². The van der Waals surface area contributed by atoms with Crippen LogP contribution in [0.2, 0.25) is 15.2 Å². The third-order valence-electron chi connectivity index (χ3n) is 2.32. The molecule has 0 spiro atoms. The maximum Gasteiger partial charge on any atom is 0.273 e. The number of H-pyrrole nitrogens is 1. The summed E-state index contributed by atoms with van der Waals surface area (Å²) in [5, 5.41) is 0.432. The summed E-state index contributed by atoms with van der Waals surface area (Å²) in [6.07, 6.45) is 0. The van der Waals surface area contributed by atoms with E-state index in [9.17, 15) is 13.2 Å². The number of halogens is 3. The van der Waals surface area contributed by atoms with Crippen molar-refractivity contribution >= 4 is 50.5 Å². The lowest BCUT2D eigenvalue weighted by Crippen LogP contribution is -2.20. The molecule has 0 radical (unpaired) electrons. The molecule has 1 aromatic heterocycles. The van der Waals surface area contributed by atoms with Crippen molar-refractivity contribution in [2.45, 2.75) is 4.90 Å². The number of sulfonamides is 1. The van der Waals surface area contributed by atoms with Crippen molar-refractivity contribution in [2.24, 2.45) is 0 Å². The Morgan fingerprint density at radius 2 is 1.70 bits per heavy atom. The molecule has 106 valence electrons. The second-order valence-corrected chi connectivity index (χ2v) is 6.63. The standard InChI is InChI=1S/C11H7Cl3N2O3S/c12-7-2-1-6(5-8(7)13)20(18,19)16-9-3-4-10(14)15-11(9)17/h1-5,16H,(H,15,17). The summed E-state index contributed by atoms with van der Waals surface area (Å²) < 4.78 is 26.4. The highest BCUT2D eigenvalue weighted by Gasteiger charge is 2.17. The number of hydrogen-bond donors (Lipinski definition) is 2. The molecule has 0 fully saturated rings. The number of hydrogen-bond acceptors (Lipinski definition) is 3. The molecular formula is C11H7Cl3N2O3S. The average Bonchev–Trinajstić information content (AvgIpc) is 2.36. The molecule has 1 aromatic carbocycles. The largest absolute Gasteiger partial charge is 0.311 e. The number of nitrogens with one attached hydrogen (secondary N) is 2. The first kappa shape index (κ1) is 15.2. The predicted molar refractivity (Wildman–Crippen MR) is 79.3 cm³/mol. The Hall–Kier alpha value is -1.21. The van der Waals surface area contributed by atoms with Crippen LogP contribution in [0.15, 0.2) is 40.0 Å². The molecule has 0 bridgehead atoms. The van der Waals surface area contributed by atoms with Gasteiger partial charge in [-0.05, 0) is 30.3 Å². The molecule has 5 nitrogen and oxygen atoms in total. The van der Waals surface area contributed by atoms with Gasteiger partial charge >= 0.3 is 0 Å². The van der Waals surface area contributed by atoms with Crippen molar-refractivity contribution < 1.29 is 8.42 Å². The molecule has 0 aliphatic rings. The van der Waals surface area contributed by atoms with Gasteiger partial charge in [-0.25, -0.2) is 8.42 Å². The van der Waals surface area contributed by atoms with E-state index < -0.39 is 15.6 Å². The van der Waals surface area contributed by atoms with Gasteiger partial charge in [0.15, 0.2) is 0 Å². The Bertz CT molecular complexity index is 818. The van der Waals surface area contributed by atoms with E-state index in [2.05, 4.69) is 9.71 Å². The summed E-state index contributed by atoms with van der Waals surface area (Å²) >= 11 is 17.1. The summed E-state index contributed by atoms with van der Waals surface area (Å²) in [5.41, 5.74) is -0.804. The molecule has 9 heteroatoms. The Morgan fingerprint density at radius 1 is 1.00 bits per heavy atom. The highest BCUT2D eigenvalue weighted by Crippen LogP contribution is 2.25. The zero-order valence-electron chi connectivity index (χ0n) is 9.65. The molecule has 1 heterocycles. The summed E-state index contributed by atoms with van der Waals surface area (Å²) in [6, 6.07) is 6.44. The van der Waals surface area contributed by atoms with Gasteiger partial charge in [0.05, 0.1) is 14.9 Å². The van der Waals surface area contributed by atoms with E-state index in [1.54, 1.807) is 0 Å². The summed E-state index contributed by atoms with van der Waals surface area (Å²) in [4.78, 5) is 13.7. The number of anilines is 1. The smallest absolute Gasteiger partial charge is 0.273 e. The molecule has 0 saturated carbocycles. The molecule has 0 saturated heterocycles. The minimum atomic E-state index is -3.94. The van der Waals surface area contributed by atoms with Crippen molar-refractivity contribution in [3.8, 4) is 0 Å². The fourth-order valence-corrected chi connectivity index (χ4v) is 2.98. The predicted octanol–water partition coefficient (Wildman–Crippen LogP) is 3.14. The zero-order chi connectivity index (χ0) is 14.9. The fraction of sp³-hybridized carbons (Fsp3) is 0. The van der Waals surface area contributed by atoms with Crippen molar-refractivity contribution in [1.82, 2.24) is 4.98 Å². The van der Waals surface area contributed by atoms with Gasteiger partial charge in [-0.1, -0.05) is 34.8 Å². The zero-order valence-corrected chi connectivity index (χ0v) is 12.7. The molecule has 0 amide bonds. The lowest BCUT2D eigenvalue weighted by atomic mass is 10.4. The first-order valence-corrected chi connectivity index (χ1v) is 7.78. The molecule has 0 unspecified atom stereocenters. The van der Waals surface area contributed by atoms with Crippen molar-refractivity contribution in [2.75, 3.05) is 4.72 Å². The van der Waals surface area contributed by atoms with Crippen molar-refractivity contribution in [3.63, 3.8) is 0 Å². The van der Waals surface area contributed by atoms with E-state index >= 15 is 0 Å². The maximum atomic E-state index is 12.1. The quantitative estimate of drug-likeness (QED) is 0.832. The van der Waals surface area contributed by atoms with Gasteiger partial charge in [0.25, 0.3) is 15.6 Å². The molecule has 0 aliphatic carbocycles. The highest BCUT2D eigenvalue weighted by molar-refractivity contribution is 7.92. The lowest BCUT2D eigenvalue weighted by molar-refractivity contribution is 0.601. The van der Waals surface area contributed by atoms with Crippen LogP contribution in [-0.4, -0.2) is 13.4 Å². The van der Waals surface area contributed by atoms with E-state index in [1.165, 1.54) is 30.3 Å². The monoisotopic (exact) mass is 352 g/mol. The highest BCUT2D eigenvalue weighted by atomic mass is 35.5. The number of rotatable bonds is 3. The van der Waals surface area contributed by atoms with Crippen LogP contribution < -0.4 is 10.3 Å². The van der Waals surface area contributed by atoms with Crippen LogP contribution in [0.3, 0.4) is 0 Å². The van der Waals surface area contributed by atoms with E-state index in [1.807, 2.05) is 0 Å². The third kappa shape index (κ3) is 3.27. The summed E-state index contributed by atoms with van der Waals surface area (Å²) in [7, 11) is -3.94. The fourth-order valence-electron chi connectivity index (χ4n) is 1.38. The van der Waals surface area contributed by atoms with E-state index in [0.717, 1.165) is 0 Å². The molecule has 0 atom stereocenters. The van der Waals surface area contributed by atoms with Gasteiger partial charge in [0.1, 0.15) is 10.8 Å². The van der Waals surface area contributed by atoms with Crippen LogP contribution in [0.4, 0.5) is 5.69 Å². The van der Waals surface area contributed by atoms with E-state index in [-0.39, 0.29) is 25.8 Å². The second kappa shape index (κ2) is 5.65. The Labute approximate surface area is 129 Å². The Kier molecular flexibility index (Phi) is 4.29. The van der Waals surface area contributed by atoms with Gasteiger partial charge in [0.2, 0.25) is 0 Å². The van der Waals surface area contributed by atoms with Crippen LogP contribution in [0.1, 0.15) is 0 Å².